The van der Waals surface area contributed by atoms with Crippen LogP contribution < -0.4 is 11.1 Å². The van der Waals surface area contributed by atoms with Crippen molar-refractivity contribution in [2.24, 2.45) is 0 Å². The van der Waals surface area contributed by atoms with Crippen LogP contribution in [0.4, 0.5) is 5.82 Å². The van der Waals surface area contributed by atoms with Gasteiger partial charge in [-0.05, 0) is 34.9 Å². The van der Waals surface area contributed by atoms with E-state index in [0.717, 1.165) is 5.56 Å². The number of nitrogens with zero attached hydrogens (tertiary/aromatic N) is 2. The van der Waals surface area contributed by atoms with E-state index in [0.29, 0.717) is 12.4 Å². The summed E-state index contributed by atoms with van der Waals surface area (Å²) in [7, 11) is 0. The van der Waals surface area contributed by atoms with Crippen molar-refractivity contribution in [2.45, 2.75) is 20.0 Å². The number of thiophene rings is 1. The number of rotatable bonds is 4. The predicted molar refractivity (Wildman–Crippen MR) is 67.5 cm³/mol. The van der Waals surface area contributed by atoms with Crippen molar-refractivity contribution in [1.82, 2.24) is 15.1 Å². The number of carbonyl (C=O) groups excluding carboxylic acids is 1. The number of nitrogen functional groups attached to an aromatic ring is 1. The van der Waals surface area contributed by atoms with Gasteiger partial charge in [0.25, 0.3) is 0 Å². The van der Waals surface area contributed by atoms with Gasteiger partial charge in [0.15, 0.2) is 0 Å². The number of hydrogen-bond acceptors (Lipinski definition) is 4. The first-order chi connectivity index (χ1) is 8.15. The Morgan fingerprint density at radius 2 is 2.41 bits per heavy atom. The maximum Gasteiger partial charge on any atom is 0.241 e. The average molecular weight is 250 g/mol. The van der Waals surface area contributed by atoms with Crippen molar-refractivity contribution >= 4 is 23.1 Å². The van der Waals surface area contributed by atoms with E-state index < -0.39 is 0 Å². The topological polar surface area (TPSA) is 72.9 Å². The zero-order chi connectivity index (χ0) is 12.3. The summed E-state index contributed by atoms with van der Waals surface area (Å²) in [5.74, 6) is 0.352. The number of amides is 1. The zero-order valence-corrected chi connectivity index (χ0v) is 10.3. The highest BCUT2D eigenvalue weighted by Gasteiger charge is 2.05. The highest BCUT2D eigenvalue weighted by Crippen LogP contribution is 2.12. The second-order valence-electron chi connectivity index (χ2n) is 3.79. The SMILES string of the molecule is Cc1cscc1CNC(=O)Cn1ccc(N)n1. The number of aryl methyl sites for hydroxylation is 1. The summed E-state index contributed by atoms with van der Waals surface area (Å²) < 4.78 is 1.52. The fourth-order valence-corrected chi connectivity index (χ4v) is 2.29. The Morgan fingerprint density at radius 3 is 3.00 bits per heavy atom. The van der Waals surface area contributed by atoms with Gasteiger partial charge in [-0.25, -0.2) is 0 Å². The lowest BCUT2D eigenvalue weighted by Gasteiger charge is -2.05. The molecule has 0 atom stereocenters. The number of aromatic nitrogens is 2. The smallest absolute Gasteiger partial charge is 0.241 e. The van der Waals surface area contributed by atoms with Crippen LogP contribution in [0.3, 0.4) is 0 Å². The van der Waals surface area contributed by atoms with Gasteiger partial charge in [0.2, 0.25) is 5.91 Å². The second kappa shape index (κ2) is 5.01. The van der Waals surface area contributed by atoms with Gasteiger partial charge in [0.05, 0.1) is 0 Å². The van der Waals surface area contributed by atoms with Gasteiger partial charge in [0.1, 0.15) is 12.4 Å². The quantitative estimate of drug-likeness (QED) is 0.855. The van der Waals surface area contributed by atoms with Crippen LogP contribution in [0, 0.1) is 6.92 Å². The first-order valence-electron chi connectivity index (χ1n) is 5.22. The zero-order valence-electron chi connectivity index (χ0n) is 9.51. The number of anilines is 1. The first kappa shape index (κ1) is 11.7. The minimum Gasteiger partial charge on any atom is -0.382 e. The number of nitrogens with one attached hydrogen (secondary N) is 1. The Labute approximate surface area is 103 Å². The molecule has 3 N–H and O–H groups in total. The Bertz CT molecular complexity index is 517. The minimum absolute atomic E-state index is 0.0706. The molecule has 0 unspecified atom stereocenters. The van der Waals surface area contributed by atoms with Crippen molar-refractivity contribution in [2.75, 3.05) is 5.73 Å². The van der Waals surface area contributed by atoms with Crippen LogP contribution in [-0.2, 0) is 17.9 Å². The van der Waals surface area contributed by atoms with E-state index in [1.807, 2.05) is 12.3 Å². The molecular weight excluding hydrogens is 236 g/mol. The van der Waals surface area contributed by atoms with Gasteiger partial charge in [-0.3, -0.25) is 9.48 Å². The first-order valence-corrected chi connectivity index (χ1v) is 6.17. The van der Waals surface area contributed by atoms with Crippen LogP contribution in [0.5, 0.6) is 0 Å². The highest BCUT2D eigenvalue weighted by atomic mass is 32.1. The molecule has 2 aromatic heterocycles. The van der Waals surface area contributed by atoms with Crippen LogP contribution in [0.15, 0.2) is 23.0 Å². The summed E-state index contributed by atoms with van der Waals surface area (Å²) in [6.45, 7) is 2.79. The molecule has 1 amide bonds. The fourth-order valence-electron chi connectivity index (χ4n) is 1.43. The molecule has 2 heterocycles. The molecule has 17 heavy (non-hydrogen) atoms. The van der Waals surface area contributed by atoms with E-state index in [-0.39, 0.29) is 12.5 Å². The van der Waals surface area contributed by atoms with E-state index in [1.165, 1.54) is 10.2 Å². The maximum absolute atomic E-state index is 11.6. The monoisotopic (exact) mass is 250 g/mol. The molecule has 6 heteroatoms. The molecule has 0 aliphatic heterocycles. The van der Waals surface area contributed by atoms with Gasteiger partial charge in [-0.15, -0.1) is 0 Å². The molecule has 5 nitrogen and oxygen atoms in total. The second-order valence-corrected chi connectivity index (χ2v) is 4.54. The number of nitrogens with two attached hydrogens (primary N) is 1. The third-order valence-corrected chi connectivity index (χ3v) is 3.31. The third kappa shape index (κ3) is 3.07. The van der Waals surface area contributed by atoms with Crippen molar-refractivity contribution in [1.29, 1.82) is 0 Å². The van der Waals surface area contributed by atoms with Crippen LogP contribution >= 0.6 is 11.3 Å². The highest BCUT2D eigenvalue weighted by molar-refractivity contribution is 7.08. The van der Waals surface area contributed by atoms with E-state index in [4.69, 9.17) is 5.73 Å². The molecule has 0 saturated carbocycles. The van der Waals surface area contributed by atoms with Crippen molar-refractivity contribution in [3.63, 3.8) is 0 Å². The molecule has 0 aliphatic rings. The molecule has 0 aromatic carbocycles. The largest absolute Gasteiger partial charge is 0.382 e. The lowest BCUT2D eigenvalue weighted by Crippen LogP contribution is -2.27. The van der Waals surface area contributed by atoms with Crippen LogP contribution in [-0.4, -0.2) is 15.7 Å². The molecule has 2 rings (SSSR count). The number of carbonyl (C=O) groups is 1. The summed E-state index contributed by atoms with van der Waals surface area (Å²) in [6.07, 6.45) is 1.69. The Hall–Kier alpha value is -1.82. The summed E-state index contributed by atoms with van der Waals surface area (Å²) >= 11 is 1.64. The normalized spacial score (nSPS) is 10.4. The molecule has 0 saturated heterocycles. The molecule has 0 aliphatic carbocycles. The van der Waals surface area contributed by atoms with Gasteiger partial charge in [-0.1, -0.05) is 0 Å². The van der Waals surface area contributed by atoms with Gasteiger partial charge >= 0.3 is 0 Å². The molecule has 0 radical (unpaired) electrons. The molecule has 2 aromatic rings. The maximum atomic E-state index is 11.6. The lowest BCUT2D eigenvalue weighted by molar-refractivity contribution is -0.122. The number of hydrogen-bond donors (Lipinski definition) is 2. The Balaban J connectivity index is 1.84. The van der Waals surface area contributed by atoms with Gasteiger partial charge in [0, 0.05) is 12.7 Å². The molecule has 90 valence electrons. The summed E-state index contributed by atoms with van der Waals surface area (Å²) in [5.41, 5.74) is 7.83. The molecule has 0 fully saturated rings. The van der Waals surface area contributed by atoms with Crippen molar-refractivity contribution < 1.29 is 4.79 Å². The summed E-state index contributed by atoms with van der Waals surface area (Å²) in [5, 5.41) is 10.9. The van der Waals surface area contributed by atoms with E-state index in [9.17, 15) is 4.79 Å². The standard InChI is InChI=1S/C11H14N4OS/c1-8-6-17-7-9(8)4-13-11(16)5-15-3-2-10(12)14-15/h2-3,6-7H,4-5H2,1H3,(H2,12,14)(H,13,16). The Kier molecular flexibility index (Phi) is 3.43. The average Bonchev–Trinajstić information content (AvgIpc) is 2.85. The van der Waals surface area contributed by atoms with Crippen molar-refractivity contribution in [3.05, 3.63) is 34.2 Å². The van der Waals surface area contributed by atoms with Gasteiger partial charge in [-0.2, -0.15) is 16.4 Å². The van der Waals surface area contributed by atoms with E-state index in [1.54, 1.807) is 23.6 Å². The summed E-state index contributed by atoms with van der Waals surface area (Å²) in [4.78, 5) is 11.6. The molecule has 0 spiro atoms. The van der Waals surface area contributed by atoms with Gasteiger partial charge < -0.3 is 11.1 Å². The minimum atomic E-state index is -0.0706. The van der Waals surface area contributed by atoms with Crippen LogP contribution in [0.2, 0.25) is 0 Å². The lowest BCUT2D eigenvalue weighted by atomic mass is 10.2. The van der Waals surface area contributed by atoms with E-state index >= 15 is 0 Å². The van der Waals surface area contributed by atoms with Crippen LogP contribution in [0.1, 0.15) is 11.1 Å². The van der Waals surface area contributed by atoms with Crippen LogP contribution in [0.25, 0.3) is 0 Å². The fraction of sp³-hybridized carbons (Fsp3) is 0.273. The third-order valence-electron chi connectivity index (χ3n) is 2.40. The van der Waals surface area contributed by atoms with Crippen molar-refractivity contribution in [3.8, 4) is 0 Å². The molecular formula is C11H14N4OS. The summed E-state index contributed by atoms with van der Waals surface area (Å²) in [6, 6.07) is 1.66. The predicted octanol–water partition coefficient (Wildman–Crippen LogP) is 1.15. The molecule has 0 bridgehead atoms. The Morgan fingerprint density at radius 1 is 1.59 bits per heavy atom. The van der Waals surface area contributed by atoms with E-state index in [2.05, 4.69) is 15.8 Å².